The van der Waals surface area contributed by atoms with Crippen molar-refractivity contribution in [3.05, 3.63) is 0 Å². The minimum Gasteiger partial charge on any atom is -0.212 e. The number of rotatable bonds is 4. The average Bonchev–Trinajstić information content (AvgIpc) is 1.88. The van der Waals surface area contributed by atoms with Crippen LogP contribution in [-0.2, 0) is 14.8 Å². The van der Waals surface area contributed by atoms with Gasteiger partial charge in [-0.1, -0.05) is 0 Å². The van der Waals surface area contributed by atoms with Crippen LogP contribution in [0.5, 0.6) is 0 Å². The molecule has 6 heteroatoms. The van der Waals surface area contributed by atoms with Crippen LogP contribution in [0.2, 0.25) is 0 Å². The molecule has 0 aromatic carbocycles. The van der Waals surface area contributed by atoms with E-state index in [1.165, 1.54) is 20.2 Å². The topological polar surface area (TPSA) is 66.8 Å². The summed E-state index contributed by atoms with van der Waals surface area (Å²) in [6.07, 6.45) is 1.27. The molecule has 0 heterocycles. The molecular formula is C5H10N2O3S. The first kappa shape index (κ1) is 10.3. The molecule has 0 atom stereocenters. The second-order valence-corrected chi connectivity index (χ2v) is 4.37. The first-order chi connectivity index (χ1) is 5.00. The lowest BCUT2D eigenvalue weighted by atomic mass is 10.8. The van der Waals surface area contributed by atoms with E-state index in [0.717, 1.165) is 4.31 Å². The van der Waals surface area contributed by atoms with Gasteiger partial charge >= 0.3 is 0 Å². The zero-order chi connectivity index (χ0) is 8.91. The SMILES string of the molecule is CN(C)S(=O)(=O)CCN=C=O. The maximum absolute atomic E-state index is 10.9. The summed E-state index contributed by atoms with van der Waals surface area (Å²) in [5.41, 5.74) is 0. The smallest absolute Gasteiger partial charge is 0.212 e. The zero-order valence-corrected chi connectivity index (χ0v) is 7.26. The van der Waals surface area contributed by atoms with E-state index in [0.29, 0.717) is 0 Å². The summed E-state index contributed by atoms with van der Waals surface area (Å²) in [5.74, 6) is -0.144. The van der Waals surface area contributed by atoms with Crippen LogP contribution < -0.4 is 0 Å². The van der Waals surface area contributed by atoms with Gasteiger partial charge in [0, 0.05) is 14.1 Å². The molecule has 0 aliphatic carbocycles. The molecule has 0 saturated carbocycles. The van der Waals surface area contributed by atoms with E-state index >= 15 is 0 Å². The molecule has 0 aliphatic heterocycles. The molecular weight excluding hydrogens is 168 g/mol. The quantitative estimate of drug-likeness (QED) is 0.418. The summed E-state index contributed by atoms with van der Waals surface area (Å²) in [5, 5.41) is 0. The molecule has 0 fully saturated rings. The fourth-order valence-corrected chi connectivity index (χ4v) is 1.08. The number of hydrogen-bond donors (Lipinski definition) is 0. The van der Waals surface area contributed by atoms with Gasteiger partial charge in [-0.25, -0.2) is 22.5 Å². The van der Waals surface area contributed by atoms with Crippen LogP contribution in [0.3, 0.4) is 0 Å². The molecule has 0 aromatic heterocycles. The Morgan fingerprint density at radius 3 is 2.36 bits per heavy atom. The van der Waals surface area contributed by atoms with E-state index in [-0.39, 0.29) is 12.3 Å². The molecule has 64 valence electrons. The molecule has 0 bridgehead atoms. The lowest BCUT2D eigenvalue weighted by Crippen LogP contribution is -2.26. The molecule has 0 amide bonds. The Labute approximate surface area is 65.8 Å². The van der Waals surface area contributed by atoms with Gasteiger partial charge in [0.05, 0.1) is 12.3 Å². The van der Waals surface area contributed by atoms with Gasteiger partial charge in [-0.3, -0.25) is 0 Å². The number of aliphatic imine (C=N–C) groups is 1. The third-order valence-corrected chi connectivity index (χ3v) is 2.89. The summed E-state index contributed by atoms with van der Waals surface area (Å²) in [4.78, 5) is 12.7. The lowest BCUT2D eigenvalue weighted by molar-refractivity contribution is 0.520. The van der Waals surface area contributed by atoms with Crippen LogP contribution >= 0.6 is 0 Å². The van der Waals surface area contributed by atoms with Gasteiger partial charge in [0.15, 0.2) is 0 Å². The summed E-state index contributed by atoms with van der Waals surface area (Å²) >= 11 is 0. The van der Waals surface area contributed by atoms with Gasteiger partial charge in [-0.05, 0) is 0 Å². The van der Waals surface area contributed by atoms with Crippen LogP contribution in [0.1, 0.15) is 0 Å². The van der Waals surface area contributed by atoms with Crippen molar-refractivity contribution >= 4 is 16.1 Å². The molecule has 0 rings (SSSR count). The fourth-order valence-electron chi connectivity index (χ4n) is 0.389. The Bertz CT molecular complexity index is 251. The van der Waals surface area contributed by atoms with Crippen molar-refractivity contribution in [2.24, 2.45) is 4.99 Å². The highest BCUT2D eigenvalue weighted by Gasteiger charge is 2.11. The van der Waals surface area contributed by atoms with E-state index in [1.807, 2.05) is 0 Å². The molecule has 0 spiro atoms. The van der Waals surface area contributed by atoms with Crippen LogP contribution in [0.4, 0.5) is 0 Å². The van der Waals surface area contributed by atoms with Crippen LogP contribution in [0.15, 0.2) is 4.99 Å². The molecule has 11 heavy (non-hydrogen) atoms. The molecule has 0 saturated heterocycles. The summed E-state index contributed by atoms with van der Waals surface area (Å²) in [6.45, 7) is -0.0238. The number of nitrogens with zero attached hydrogens (tertiary/aromatic N) is 2. The first-order valence-corrected chi connectivity index (χ1v) is 4.55. The summed E-state index contributed by atoms with van der Waals surface area (Å²) in [7, 11) is -0.349. The normalized spacial score (nSPS) is 11.2. The van der Waals surface area contributed by atoms with Crippen molar-refractivity contribution < 1.29 is 13.2 Å². The Balaban J connectivity index is 4.05. The van der Waals surface area contributed by atoms with Crippen molar-refractivity contribution in [1.82, 2.24) is 4.31 Å². The summed E-state index contributed by atoms with van der Waals surface area (Å²) in [6, 6.07) is 0. The molecule has 0 aliphatic rings. The van der Waals surface area contributed by atoms with Crippen LogP contribution in [0.25, 0.3) is 0 Å². The number of sulfonamides is 1. The highest BCUT2D eigenvalue weighted by Crippen LogP contribution is 1.92. The van der Waals surface area contributed by atoms with Crippen LogP contribution in [-0.4, -0.2) is 45.2 Å². The maximum atomic E-state index is 10.9. The molecule has 0 unspecified atom stereocenters. The van der Waals surface area contributed by atoms with Crippen molar-refractivity contribution in [2.75, 3.05) is 26.4 Å². The largest absolute Gasteiger partial charge is 0.234 e. The van der Waals surface area contributed by atoms with Crippen molar-refractivity contribution in [1.29, 1.82) is 0 Å². The van der Waals surface area contributed by atoms with Crippen molar-refractivity contribution in [2.45, 2.75) is 0 Å². The Kier molecular flexibility index (Phi) is 3.95. The molecule has 0 N–H and O–H groups in total. The molecule has 0 aromatic rings. The Morgan fingerprint density at radius 2 is 2.00 bits per heavy atom. The first-order valence-electron chi connectivity index (χ1n) is 2.94. The predicted octanol–water partition coefficient (Wildman–Crippen LogP) is -0.786. The number of hydrogen-bond acceptors (Lipinski definition) is 4. The van der Waals surface area contributed by atoms with Gasteiger partial charge in [0.1, 0.15) is 0 Å². The van der Waals surface area contributed by atoms with E-state index in [1.54, 1.807) is 0 Å². The molecule has 5 nitrogen and oxygen atoms in total. The number of carbonyl (C=O) groups excluding carboxylic acids is 1. The highest BCUT2D eigenvalue weighted by molar-refractivity contribution is 7.89. The van der Waals surface area contributed by atoms with Gasteiger partial charge in [0.25, 0.3) is 0 Å². The standard InChI is InChI=1S/C5H10N2O3S/c1-7(2)11(9,10)4-3-6-5-8/h3-4H2,1-2H3. The minimum atomic E-state index is -3.21. The van der Waals surface area contributed by atoms with Gasteiger partial charge in [-0.15, -0.1) is 0 Å². The third-order valence-electron chi connectivity index (χ3n) is 1.08. The summed E-state index contributed by atoms with van der Waals surface area (Å²) < 4.78 is 23.0. The van der Waals surface area contributed by atoms with Crippen molar-refractivity contribution in [3.8, 4) is 0 Å². The van der Waals surface area contributed by atoms with E-state index < -0.39 is 10.0 Å². The third kappa shape index (κ3) is 3.87. The van der Waals surface area contributed by atoms with Gasteiger partial charge < -0.3 is 0 Å². The average molecular weight is 178 g/mol. The van der Waals surface area contributed by atoms with E-state index in [4.69, 9.17) is 0 Å². The Morgan fingerprint density at radius 1 is 1.45 bits per heavy atom. The number of isocyanates is 1. The minimum absolute atomic E-state index is 0.0238. The zero-order valence-electron chi connectivity index (χ0n) is 6.44. The lowest BCUT2D eigenvalue weighted by Gasteiger charge is -2.08. The Hall–Kier alpha value is -0.710. The fraction of sp³-hybridized carbons (Fsp3) is 0.800. The van der Waals surface area contributed by atoms with Crippen molar-refractivity contribution in [3.63, 3.8) is 0 Å². The van der Waals surface area contributed by atoms with Crippen LogP contribution in [0, 0.1) is 0 Å². The molecule has 0 radical (unpaired) electrons. The monoisotopic (exact) mass is 178 g/mol. The van der Waals surface area contributed by atoms with Gasteiger partial charge in [-0.2, -0.15) is 0 Å². The highest BCUT2D eigenvalue weighted by atomic mass is 32.2. The second-order valence-electron chi connectivity index (χ2n) is 2.07. The predicted molar refractivity (Wildman–Crippen MR) is 40.5 cm³/mol. The second kappa shape index (κ2) is 4.23. The van der Waals surface area contributed by atoms with Gasteiger partial charge in [0.2, 0.25) is 16.1 Å². The van der Waals surface area contributed by atoms with E-state index in [9.17, 15) is 13.2 Å². The van der Waals surface area contributed by atoms with E-state index in [2.05, 4.69) is 4.99 Å². The maximum Gasteiger partial charge on any atom is 0.234 e.